The van der Waals surface area contributed by atoms with Gasteiger partial charge in [-0.05, 0) is 31.3 Å². The second-order valence-electron chi connectivity index (χ2n) is 5.08. The fourth-order valence-electron chi connectivity index (χ4n) is 1.71. The summed E-state index contributed by atoms with van der Waals surface area (Å²) < 4.78 is 0. The number of unbranched alkanes of at least 4 members (excludes halogenated alkanes) is 2. The molecule has 1 aromatic rings. The van der Waals surface area contributed by atoms with Crippen molar-refractivity contribution in [3.05, 3.63) is 0 Å². The number of hydrogen-bond acceptors (Lipinski definition) is 7. The first kappa shape index (κ1) is 17.8. The molecule has 0 saturated heterocycles. The van der Waals surface area contributed by atoms with Gasteiger partial charge in [0.1, 0.15) is 0 Å². The molecule has 0 saturated carbocycles. The molecule has 0 radical (unpaired) electrons. The summed E-state index contributed by atoms with van der Waals surface area (Å²) in [6, 6.07) is 0. The minimum absolute atomic E-state index is 0.639. The van der Waals surface area contributed by atoms with Crippen molar-refractivity contribution >= 4 is 29.6 Å². The smallest absolute Gasteiger partial charge is 0.231 e. The Morgan fingerprint density at radius 2 is 1.62 bits per heavy atom. The molecule has 0 bridgehead atoms. The van der Waals surface area contributed by atoms with E-state index >= 15 is 0 Å². The second kappa shape index (κ2) is 10.5. The van der Waals surface area contributed by atoms with Gasteiger partial charge in [-0.3, -0.25) is 0 Å². The zero-order valence-corrected chi connectivity index (χ0v) is 14.5. The third-order valence-electron chi connectivity index (χ3n) is 2.87. The van der Waals surface area contributed by atoms with Gasteiger partial charge in [0.25, 0.3) is 0 Å². The molecule has 0 spiro atoms. The third-order valence-corrected chi connectivity index (χ3v) is 3.56. The predicted octanol–water partition coefficient (Wildman–Crippen LogP) is 2.70. The van der Waals surface area contributed by atoms with Crippen LogP contribution < -0.4 is 15.5 Å². The first-order valence-corrected chi connectivity index (χ1v) is 8.96. The molecule has 120 valence electrons. The molecule has 0 amide bonds. The first-order valence-electron chi connectivity index (χ1n) is 7.57. The van der Waals surface area contributed by atoms with Gasteiger partial charge in [-0.2, -0.15) is 26.7 Å². The molecule has 1 heterocycles. The maximum absolute atomic E-state index is 4.42. The van der Waals surface area contributed by atoms with Crippen molar-refractivity contribution in [1.29, 1.82) is 0 Å². The van der Waals surface area contributed by atoms with Crippen LogP contribution in [-0.2, 0) is 0 Å². The number of nitrogens with zero attached hydrogens (tertiary/aromatic N) is 4. The largest absolute Gasteiger partial charge is 0.354 e. The fourth-order valence-corrected chi connectivity index (χ4v) is 2.20. The molecule has 1 aromatic heterocycles. The number of anilines is 3. The van der Waals surface area contributed by atoms with Gasteiger partial charge in [0, 0.05) is 27.2 Å². The SMILES string of the molecule is CCCNc1nc(NCCCCCSC)nc(N(C)C)n1. The monoisotopic (exact) mass is 312 g/mol. The lowest BCUT2D eigenvalue weighted by atomic mass is 10.2. The van der Waals surface area contributed by atoms with Gasteiger partial charge in [-0.15, -0.1) is 0 Å². The average molecular weight is 312 g/mol. The molecular formula is C14H28N6S. The summed E-state index contributed by atoms with van der Waals surface area (Å²) >= 11 is 1.90. The minimum Gasteiger partial charge on any atom is -0.354 e. The molecule has 0 atom stereocenters. The summed E-state index contributed by atoms with van der Waals surface area (Å²) in [6.45, 7) is 3.89. The molecule has 7 heteroatoms. The Bertz CT molecular complexity index is 399. The van der Waals surface area contributed by atoms with Crippen LogP contribution in [0.3, 0.4) is 0 Å². The molecule has 0 fully saturated rings. The zero-order valence-electron chi connectivity index (χ0n) is 13.6. The number of rotatable bonds is 11. The summed E-state index contributed by atoms with van der Waals surface area (Å²) in [5.41, 5.74) is 0. The van der Waals surface area contributed by atoms with Crippen LogP contribution in [-0.4, -0.2) is 54.1 Å². The van der Waals surface area contributed by atoms with Crippen LogP contribution in [0.25, 0.3) is 0 Å². The Kier molecular flexibility index (Phi) is 8.89. The summed E-state index contributed by atoms with van der Waals surface area (Å²) in [4.78, 5) is 15.1. The lowest BCUT2D eigenvalue weighted by Gasteiger charge is -2.14. The van der Waals surface area contributed by atoms with E-state index in [0.29, 0.717) is 17.8 Å². The van der Waals surface area contributed by atoms with E-state index in [9.17, 15) is 0 Å². The Morgan fingerprint density at radius 3 is 2.19 bits per heavy atom. The summed E-state index contributed by atoms with van der Waals surface area (Å²) in [5, 5.41) is 6.51. The number of hydrogen-bond donors (Lipinski definition) is 2. The van der Waals surface area contributed by atoms with Crippen molar-refractivity contribution in [1.82, 2.24) is 15.0 Å². The maximum atomic E-state index is 4.42. The van der Waals surface area contributed by atoms with E-state index in [1.54, 1.807) is 0 Å². The van der Waals surface area contributed by atoms with E-state index in [0.717, 1.165) is 25.9 Å². The fraction of sp³-hybridized carbons (Fsp3) is 0.786. The Balaban J connectivity index is 2.52. The van der Waals surface area contributed by atoms with Crippen LogP contribution in [0.15, 0.2) is 0 Å². The molecule has 0 aromatic carbocycles. The molecule has 6 nitrogen and oxygen atoms in total. The quantitative estimate of drug-likeness (QED) is 0.609. The maximum Gasteiger partial charge on any atom is 0.231 e. The minimum atomic E-state index is 0.639. The molecular weight excluding hydrogens is 284 g/mol. The van der Waals surface area contributed by atoms with Crippen molar-refractivity contribution in [2.75, 3.05) is 54.7 Å². The highest BCUT2D eigenvalue weighted by Gasteiger charge is 2.07. The van der Waals surface area contributed by atoms with E-state index in [-0.39, 0.29) is 0 Å². The third kappa shape index (κ3) is 7.36. The van der Waals surface area contributed by atoms with Gasteiger partial charge in [0.15, 0.2) is 0 Å². The topological polar surface area (TPSA) is 66.0 Å². The van der Waals surface area contributed by atoms with Crippen molar-refractivity contribution in [3.8, 4) is 0 Å². The van der Waals surface area contributed by atoms with Gasteiger partial charge < -0.3 is 15.5 Å². The molecule has 0 aliphatic heterocycles. The molecule has 0 unspecified atom stereocenters. The number of thioether (sulfide) groups is 1. The Morgan fingerprint density at radius 1 is 0.952 bits per heavy atom. The molecule has 0 aliphatic carbocycles. The van der Waals surface area contributed by atoms with Gasteiger partial charge >= 0.3 is 0 Å². The van der Waals surface area contributed by atoms with Crippen molar-refractivity contribution in [3.63, 3.8) is 0 Å². The highest BCUT2D eigenvalue weighted by atomic mass is 32.2. The van der Waals surface area contributed by atoms with Gasteiger partial charge in [0.2, 0.25) is 17.8 Å². The lowest BCUT2D eigenvalue weighted by molar-refractivity contribution is 0.745. The summed E-state index contributed by atoms with van der Waals surface area (Å²) in [5.74, 6) is 3.20. The van der Waals surface area contributed by atoms with Gasteiger partial charge in [-0.25, -0.2) is 0 Å². The normalized spacial score (nSPS) is 10.5. The lowest BCUT2D eigenvalue weighted by Crippen LogP contribution is -2.17. The summed E-state index contributed by atoms with van der Waals surface area (Å²) in [7, 11) is 3.87. The highest BCUT2D eigenvalue weighted by Crippen LogP contribution is 2.12. The van der Waals surface area contributed by atoms with E-state index in [4.69, 9.17) is 0 Å². The number of nitrogens with one attached hydrogen (secondary N) is 2. The molecule has 1 rings (SSSR count). The van der Waals surface area contributed by atoms with Gasteiger partial charge in [0.05, 0.1) is 0 Å². The predicted molar refractivity (Wildman–Crippen MR) is 93.7 cm³/mol. The summed E-state index contributed by atoms with van der Waals surface area (Å²) in [6.07, 6.45) is 6.84. The van der Waals surface area contributed by atoms with Crippen LogP contribution in [0.4, 0.5) is 17.8 Å². The number of aromatic nitrogens is 3. The molecule has 21 heavy (non-hydrogen) atoms. The molecule has 2 N–H and O–H groups in total. The van der Waals surface area contributed by atoms with Crippen molar-refractivity contribution in [2.24, 2.45) is 0 Å². The van der Waals surface area contributed by atoms with Crippen LogP contribution >= 0.6 is 11.8 Å². The second-order valence-corrected chi connectivity index (χ2v) is 6.07. The first-order chi connectivity index (χ1) is 10.2. The van der Waals surface area contributed by atoms with E-state index < -0.39 is 0 Å². The van der Waals surface area contributed by atoms with Crippen LogP contribution in [0.5, 0.6) is 0 Å². The van der Waals surface area contributed by atoms with Crippen LogP contribution in [0.1, 0.15) is 32.6 Å². The van der Waals surface area contributed by atoms with E-state index in [1.807, 2.05) is 30.8 Å². The Labute approximate surface area is 132 Å². The standard InChI is InChI=1S/C14H28N6S/c1-5-9-15-12-17-13(19-14(18-12)20(2)3)16-10-7-6-8-11-21-4/h5-11H2,1-4H3,(H2,15,16,17,18,19). The van der Waals surface area contributed by atoms with Crippen molar-refractivity contribution in [2.45, 2.75) is 32.6 Å². The van der Waals surface area contributed by atoms with E-state index in [2.05, 4.69) is 38.8 Å². The molecule has 0 aliphatic rings. The van der Waals surface area contributed by atoms with Crippen LogP contribution in [0, 0.1) is 0 Å². The van der Waals surface area contributed by atoms with Crippen LogP contribution in [0.2, 0.25) is 0 Å². The Hall–Kier alpha value is -1.24. The zero-order chi connectivity index (χ0) is 15.5. The van der Waals surface area contributed by atoms with E-state index in [1.165, 1.54) is 18.6 Å². The average Bonchev–Trinajstić information content (AvgIpc) is 2.48. The highest BCUT2D eigenvalue weighted by molar-refractivity contribution is 7.98. The van der Waals surface area contributed by atoms with Crippen molar-refractivity contribution < 1.29 is 0 Å². The van der Waals surface area contributed by atoms with Gasteiger partial charge in [-0.1, -0.05) is 13.3 Å².